The molecule has 1 atom stereocenters. The molecule has 5 aliphatic rings. The van der Waals surface area contributed by atoms with Crippen molar-refractivity contribution in [3.63, 3.8) is 0 Å². The summed E-state index contributed by atoms with van der Waals surface area (Å²) in [6.07, 6.45) is 11.0. The molecule has 6 rings (SSSR count). The van der Waals surface area contributed by atoms with Crippen LogP contribution in [0.25, 0.3) is 0 Å². The molecule has 25 heavy (non-hydrogen) atoms. The smallest absolute Gasteiger partial charge is 0.292 e. The summed E-state index contributed by atoms with van der Waals surface area (Å²) >= 11 is 0. The molecule has 1 aliphatic carbocycles. The lowest BCUT2D eigenvalue weighted by atomic mass is 9.75. The van der Waals surface area contributed by atoms with Crippen molar-refractivity contribution in [2.24, 2.45) is 10.9 Å². The van der Waals surface area contributed by atoms with Gasteiger partial charge < -0.3 is 9.47 Å². The lowest BCUT2D eigenvalue weighted by Crippen LogP contribution is -2.61. The maximum Gasteiger partial charge on any atom is 0.292 e. The first-order valence-corrected chi connectivity index (χ1v) is 9.51. The van der Waals surface area contributed by atoms with E-state index in [-0.39, 0.29) is 5.60 Å². The van der Waals surface area contributed by atoms with Gasteiger partial charge in [-0.3, -0.25) is 10.2 Å². The van der Waals surface area contributed by atoms with E-state index in [2.05, 4.69) is 25.2 Å². The van der Waals surface area contributed by atoms with Gasteiger partial charge in [0, 0.05) is 12.5 Å². The highest BCUT2D eigenvalue weighted by Gasteiger charge is 2.51. The van der Waals surface area contributed by atoms with Gasteiger partial charge in [0.15, 0.2) is 5.75 Å². The van der Waals surface area contributed by atoms with Crippen molar-refractivity contribution in [3.05, 3.63) is 12.4 Å². The van der Waals surface area contributed by atoms with E-state index in [1.807, 2.05) is 0 Å². The van der Waals surface area contributed by atoms with Crippen molar-refractivity contribution < 1.29 is 9.47 Å². The fourth-order valence-electron chi connectivity index (χ4n) is 4.68. The Kier molecular flexibility index (Phi) is 3.77. The molecule has 4 fully saturated rings. The molecule has 4 aliphatic heterocycles. The Morgan fingerprint density at radius 2 is 1.88 bits per heavy atom. The lowest BCUT2D eigenvalue weighted by Gasteiger charge is -2.50. The van der Waals surface area contributed by atoms with Crippen LogP contribution in [-0.2, 0) is 4.74 Å². The van der Waals surface area contributed by atoms with Crippen LogP contribution in [0.15, 0.2) is 17.4 Å². The summed E-state index contributed by atoms with van der Waals surface area (Å²) in [5.41, 5.74) is -0.135. The van der Waals surface area contributed by atoms with Crippen molar-refractivity contribution in [2.75, 3.05) is 31.5 Å². The number of hydrogen-bond donors (Lipinski definition) is 1. The van der Waals surface area contributed by atoms with Crippen molar-refractivity contribution in [2.45, 2.75) is 50.2 Å². The van der Waals surface area contributed by atoms with Crippen molar-refractivity contribution in [3.8, 4) is 5.75 Å². The van der Waals surface area contributed by atoms with Crippen molar-refractivity contribution in [1.29, 1.82) is 0 Å². The zero-order chi connectivity index (χ0) is 16.7. The highest BCUT2D eigenvalue weighted by Crippen LogP contribution is 2.40. The summed E-state index contributed by atoms with van der Waals surface area (Å²) in [6.45, 7) is 4.12. The fourth-order valence-corrected chi connectivity index (χ4v) is 4.68. The quantitative estimate of drug-likeness (QED) is 0.906. The van der Waals surface area contributed by atoms with Crippen LogP contribution in [0, 0.1) is 5.92 Å². The molecule has 0 radical (unpaired) electrons. The number of anilines is 1. The van der Waals surface area contributed by atoms with E-state index in [9.17, 15) is 0 Å². The number of fused-ring (bicyclic) bond motifs is 2. The first-order valence-electron chi connectivity index (χ1n) is 9.51. The maximum absolute atomic E-state index is 6.25. The molecule has 0 amide bonds. The zero-order valence-corrected chi connectivity index (χ0v) is 14.5. The predicted molar refractivity (Wildman–Crippen MR) is 93.8 cm³/mol. The topological polar surface area (TPSA) is 71.9 Å². The van der Waals surface area contributed by atoms with Gasteiger partial charge >= 0.3 is 0 Å². The molecule has 1 aromatic rings. The van der Waals surface area contributed by atoms with E-state index in [0.717, 1.165) is 31.7 Å². The molecule has 7 nitrogen and oxygen atoms in total. The van der Waals surface area contributed by atoms with Gasteiger partial charge in [-0.1, -0.05) is 0 Å². The standard InChI is InChI=1S/C18H25N5O2/c1-2-4-14(3-1)24-15-9-19-16(20-10-15)22-17-21-11-18(25-17)12-23-7-5-13(18)6-8-23/h9-10,13-14H,1-8,11-12H2,(H,19,20,21,22). The highest BCUT2D eigenvalue weighted by molar-refractivity contribution is 5.88. The number of ether oxygens (including phenoxy) is 2. The second-order valence-electron chi connectivity index (χ2n) is 7.73. The molecule has 1 spiro atoms. The Balaban J connectivity index is 1.20. The first kappa shape index (κ1) is 15.4. The van der Waals surface area contributed by atoms with Crippen LogP contribution >= 0.6 is 0 Å². The number of hydrogen-bond acceptors (Lipinski definition) is 7. The molecular weight excluding hydrogens is 318 g/mol. The average molecular weight is 343 g/mol. The molecule has 3 saturated heterocycles. The summed E-state index contributed by atoms with van der Waals surface area (Å²) in [5.74, 6) is 1.86. The highest BCUT2D eigenvalue weighted by atomic mass is 16.5. The maximum atomic E-state index is 6.25. The van der Waals surface area contributed by atoms with Crippen LogP contribution < -0.4 is 10.1 Å². The minimum Gasteiger partial charge on any atom is -0.487 e. The summed E-state index contributed by atoms with van der Waals surface area (Å²) in [6, 6.07) is 0.554. The van der Waals surface area contributed by atoms with Gasteiger partial charge in [0.25, 0.3) is 6.02 Å². The molecule has 1 aromatic heterocycles. The van der Waals surface area contributed by atoms with E-state index >= 15 is 0 Å². The molecule has 5 heterocycles. The Bertz CT molecular complexity index is 650. The summed E-state index contributed by atoms with van der Waals surface area (Å²) in [5, 5.41) is 3.12. The molecule has 2 bridgehead atoms. The summed E-state index contributed by atoms with van der Waals surface area (Å²) in [7, 11) is 0. The third-order valence-corrected chi connectivity index (χ3v) is 6.06. The largest absolute Gasteiger partial charge is 0.487 e. The van der Waals surface area contributed by atoms with Crippen LogP contribution in [0.1, 0.15) is 38.5 Å². The fraction of sp³-hybridized carbons (Fsp3) is 0.722. The number of aliphatic imine (C=N–C) groups is 1. The van der Waals surface area contributed by atoms with Gasteiger partial charge in [-0.2, -0.15) is 0 Å². The van der Waals surface area contributed by atoms with Gasteiger partial charge in [0.05, 0.1) is 25.0 Å². The second kappa shape index (κ2) is 6.12. The van der Waals surface area contributed by atoms with Crippen molar-refractivity contribution in [1.82, 2.24) is 14.9 Å². The monoisotopic (exact) mass is 343 g/mol. The third kappa shape index (κ3) is 2.94. The minimum absolute atomic E-state index is 0.135. The van der Waals surface area contributed by atoms with E-state index in [0.29, 0.717) is 24.0 Å². The molecule has 1 saturated carbocycles. The Hall–Kier alpha value is -1.89. The van der Waals surface area contributed by atoms with Crippen LogP contribution in [0.5, 0.6) is 5.75 Å². The second-order valence-corrected chi connectivity index (χ2v) is 7.73. The van der Waals surface area contributed by atoms with Gasteiger partial charge in [-0.15, -0.1) is 0 Å². The van der Waals surface area contributed by atoms with Gasteiger partial charge in [0.2, 0.25) is 5.95 Å². The van der Waals surface area contributed by atoms with Crippen LogP contribution in [-0.4, -0.2) is 58.8 Å². The van der Waals surface area contributed by atoms with E-state index < -0.39 is 0 Å². The molecule has 1 unspecified atom stereocenters. The van der Waals surface area contributed by atoms with Gasteiger partial charge in [-0.25, -0.2) is 15.0 Å². The molecule has 134 valence electrons. The summed E-state index contributed by atoms with van der Waals surface area (Å²) < 4.78 is 12.2. The normalized spacial score (nSPS) is 34.2. The number of nitrogens with one attached hydrogen (secondary N) is 1. The van der Waals surface area contributed by atoms with Crippen LogP contribution in [0.4, 0.5) is 5.95 Å². The number of aromatic nitrogens is 2. The van der Waals surface area contributed by atoms with E-state index in [1.165, 1.54) is 38.8 Å². The predicted octanol–water partition coefficient (Wildman–Crippen LogP) is 2.06. The molecule has 0 aromatic carbocycles. The number of nitrogens with zero attached hydrogens (tertiary/aromatic N) is 4. The lowest BCUT2D eigenvalue weighted by molar-refractivity contribution is -0.0829. The number of rotatable bonds is 3. The van der Waals surface area contributed by atoms with Gasteiger partial charge in [-0.05, 0) is 51.6 Å². The Morgan fingerprint density at radius 3 is 2.56 bits per heavy atom. The minimum atomic E-state index is -0.135. The summed E-state index contributed by atoms with van der Waals surface area (Å²) in [4.78, 5) is 15.8. The van der Waals surface area contributed by atoms with Crippen LogP contribution in [0.3, 0.4) is 0 Å². The Morgan fingerprint density at radius 1 is 1.12 bits per heavy atom. The molecule has 7 heteroatoms. The molecular formula is C18H25N5O2. The zero-order valence-electron chi connectivity index (χ0n) is 14.5. The van der Waals surface area contributed by atoms with E-state index in [1.54, 1.807) is 12.4 Å². The third-order valence-electron chi connectivity index (χ3n) is 6.06. The Labute approximate surface area is 147 Å². The average Bonchev–Trinajstić information content (AvgIpc) is 3.28. The number of piperidine rings is 3. The SMILES string of the molecule is c1nc(NC2=NCC3(CN4CCC3CC4)O2)ncc1OC1CCCC1. The molecule has 1 N–H and O–H groups in total. The van der Waals surface area contributed by atoms with E-state index in [4.69, 9.17) is 9.47 Å². The number of amidine groups is 1. The first-order chi connectivity index (χ1) is 12.3. The van der Waals surface area contributed by atoms with Crippen LogP contribution in [0.2, 0.25) is 0 Å². The van der Waals surface area contributed by atoms with Crippen molar-refractivity contribution >= 4 is 12.0 Å². The van der Waals surface area contributed by atoms with Gasteiger partial charge in [0.1, 0.15) is 5.60 Å².